The van der Waals surface area contributed by atoms with Crippen molar-refractivity contribution in [2.24, 2.45) is 0 Å². The molecule has 0 aliphatic carbocycles. The molecule has 20 heavy (non-hydrogen) atoms. The average molecular weight is 341 g/mol. The van der Waals surface area contributed by atoms with Crippen LogP contribution in [0, 0.1) is 0 Å². The van der Waals surface area contributed by atoms with Gasteiger partial charge in [-0.25, -0.2) is 0 Å². The Morgan fingerprint density at radius 1 is 1.40 bits per heavy atom. The van der Waals surface area contributed by atoms with Crippen molar-refractivity contribution in [2.75, 3.05) is 31.7 Å². The molecule has 0 saturated carbocycles. The molecule has 2 amide bonds. The second kappa shape index (κ2) is 6.15. The molecule has 106 valence electrons. The summed E-state index contributed by atoms with van der Waals surface area (Å²) in [6.07, 6.45) is 0. The van der Waals surface area contributed by atoms with Gasteiger partial charge in [0.2, 0.25) is 5.91 Å². The maximum absolute atomic E-state index is 11.9. The number of nitrogens with zero attached hydrogens (tertiary/aromatic N) is 1. The van der Waals surface area contributed by atoms with Crippen molar-refractivity contribution in [2.45, 2.75) is 0 Å². The van der Waals surface area contributed by atoms with Crippen molar-refractivity contribution < 1.29 is 19.1 Å². The van der Waals surface area contributed by atoms with Gasteiger partial charge < -0.3 is 10.1 Å². The fraction of sp³-hybridized carbons (Fsp3) is 0.308. The van der Waals surface area contributed by atoms with Gasteiger partial charge in [0.1, 0.15) is 6.54 Å². The summed E-state index contributed by atoms with van der Waals surface area (Å²) < 4.78 is 5.43. The number of hydrogen-bond donors (Lipinski definition) is 1. The Balaban J connectivity index is 2.16. The molecule has 7 heteroatoms. The Labute approximate surface area is 124 Å². The third-order valence-corrected chi connectivity index (χ3v) is 3.51. The van der Waals surface area contributed by atoms with Crippen LogP contribution >= 0.6 is 15.9 Å². The van der Waals surface area contributed by atoms with Crippen LogP contribution in [0.5, 0.6) is 0 Å². The molecule has 0 radical (unpaired) electrons. The van der Waals surface area contributed by atoms with Crippen LogP contribution in [0.25, 0.3) is 0 Å². The predicted molar refractivity (Wildman–Crippen MR) is 75.7 cm³/mol. The first-order valence-electron chi connectivity index (χ1n) is 5.96. The molecule has 1 heterocycles. The monoisotopic (exact) mass is 340 g/mol. The van der Waals surface area contributed by atoms with Gasteiger partial charge in [0.25, 0.3) is 11.7 Å². The number of carbonyl (C=O) groups excluding carboxylic acids is 3. The first kappa shape index (κ1) is 14.7. The normalized spacial score (nSPS) is 13.6. The van der Waals surface area contributed by atoms with E-state index < -0.39 is 11.7 Å². The minimum atomic E-state index is -0.686. The van der Waals surface area contributed by atoms with Crippen molar-refractivity contribution in [3.63, 3.8) is 0 Å². The molecule has 1 aromatic carbocycles. The highest BCUT2D eigenvalue weighted by Gasteiger charge is 2.37. The number of rotatable bonds is 5. The standard InChI is InChI=1S/C13H13BrN2O4/c1-20-6-5-15-10(17)7-16-11-8(12(18)13(16)19)3-2-4-9(11)14/h2-4H,5-7H2,1H3,(H,15,17). The van der Waals surface area contributed by atoms with Crippen LogP contribution in [0.1, 0.15) is 10.4 Å². The van der Waals surface area contributed by atoms with Crippen LogP contribution in [0.3, 0.4) is 0 Å². The zero-order chi connectivity index (χ0) is 14.7. The molecule has 0 saturated heterocycles. The molecule has 1 aromatic rings. The van der Waals surface area contributed by atoms with Gasteiger partial charge in [0, 0.05) is 18.1 Å². The number of halogens is 1. The number of carbonyl (C=O) groups is 3. The summed E-state index contributed by atoms with van der Waals surface area (Å²) in [5.74, 6) is -1.62. The van der Waals surface area contributed by atoms with Crippen molar-refractivity contribution in [1.29, 1.82) is 0 Å². The molecule has 0 bridgehead atoms. The zero-order valence-corrected chi connectivity index (χ0v) is 12.4. The van der Waals surface area contributed by atoms with E-state index in [2.05, 4.69) is 21.2 Å². The number of hydrogen-bond acceptors (Lipinski definition) is 4. The smallest absolute Gasteiger partial charge is 0.299 e. The van der Waals surface area contributed by atoms with E-state index in [4.69, 9.17) is 4.74 Å². The van der Waals surface area contributed by atoms with Crippen molar-refractivity contribution in [3.05, 3.63) is 28.2 Å². The molecular formula is C13H13BrN2O4. The first-order chi connectivity index (χ1) is 9.56. The summed E-state index contributed by atoms with van der Waals surface area (Å²) in [5, 5.41) is 2.61. The molecule has 0 aromatic heterocycles. The molecule has 1 N–H and O–H groups in total. The number of methoxy groups -OCH3 is 1. The highest BCUT2D eigenvalue weighted by Crippen LogP contribution is 2.35. The molecule has 0 atom stereocenters. The van der Waals surface area contributed by atoms with E-state index >= 15 is 0 Å². The van der Waals surface area contributed by atoms with Crippen LogP contribution in [0.2, 0.25) is 0 Å². The third kappa shape index (κ3) is 2.73. The highest BCUT2D eigenvalue weighted by atomic mass is 79.9. The predicted octanol–water partition coefficient (Wildman–Crippen LogP) is 0.741. The number of ketones is 1. The Morgan fingerprint density at radius 2 is 2.15 bits per heavy atom. The van der Waals surface area contributed by atoms with E-state index in [-0.39, 0.29) is 12.5 Å². The quantitative estimate of drug-likeness (QED) is 0.633. The van der Waals surface area contributed by atoms with Gasteiger partial charge in [-0.1, -0.05) is 6.07 Å². The lowest BCUT2D eigenvalue weighted by molar-refractivity contribution is -0.122. The zero-order valence-electron chi connectivity index (χ0n) is 10.8. The molecule has 0 spiro atoms. The van der Waals surface area contributed by atoms with Crippen molar-refractivity contribution in [3.8, 4) is 0 Å². The van der Waals surface area contributed by atoms with Crippen molar-refractivity contribution >= 4 is 39.2 Å². The summed E-state index contributed by atoms with van der Waals surface area (Å²) in [4.78, 5) is 36.7. The lowest BCUT2D eigenvalue weighted by Gasteiger charge is -2.17. The molecule has 2 rings (SSSR count). The minimum Gasteiger partial charge on any atom is -0.383 e. The lowest BCUT2D eigenvalue weighted by Crippen LogP contribution is -2.41. The van der Waals surface area contributed by atoms with E-state index in [0.717, 1.165) is 0 Å². The van der Waals surface area contributed by atoms with E-state index in [1.54, 1.807) is 18.2 Å². The molecule has 0 fully saturated rings. The van der Waals surface area contributed by atoms with E-state index in [1.165, 1.54) is 12.0 Å². The summed E-state index contributed by atoms with van der Waals surface area (Å²) in [6, 6.07) is 4.97. The summed E-state index contributed by atoms with van der Waals surface area (Å²) in [7, 11) is 1.53. The fourth-order valence-electron chi connectivity index (χ4n) is 1.96. The van der Waals surface area contributed by atoms with E-state index in [1.807, 2.05) is 0 Å². The highest BCUT2D eigenvalue weighted by molar-refractivity contribution is 9.10. The number of fused-ring (bicyclic) bond motifs is 1. The van der Waals surface area contributed by atoms with Crippen LogP contribution < -0.4 is 10.2 Å². The van der Waals surface area contributed by atoms with Crippen LogP contribution in [-0.2, 0) is 14.3 Å². The second-order valence-electron chi connectivity index (χ2n) is 4.20. The van der Waals surface area contributed by atoms with Gasteiger partial charge >= 0.3 is 0 Å². The number of Topliss-reactive ketones (excluding diaryl/α,β-unsaturated/α-hetero) is 1. The SMILES string of the molecule is COCCNC(=O)CN1C(=O)C(=O)c2cccc(Br)c21. The van der Waals surface area contributed by atoms with Crippen LogP contribution in [0.15, 0.2) is 22.7 Å². The molecule has 0 unspecified atom stereocenters. The fourth-order valence-corrected chi connectivity index (χ4v) is 2.54. The number of benzene rings is 1. The summed E-state index contributed by atoms with van der Waals surface area (Å²) in [5.41, 5.74) is 0.762. The van der Waals surface area contributed by atoms with E-state index in [0.29, 0.717) is 28.9 Å². The minimum absolute atomic E-state index is 0.191. The van der Waals surface area contributed by atoms with Gasteiger partial charge in [0.15, 0.2) is 0 Å². The Morgan fingerprint density at radius 3 is 2.85 bits per heavy atom. The number of para-hydroxylation sites is 1. The van der Waals surface area contributed by atoms with Gasteiger partial charge in [-0.15, -0.1) is 0 Å². The largest absolute Gasteiger partial charge is 0.383 e. The molecule has 1 aliphatic rings. The number of anilines is 1. The van der Waals surface area contributed by atoms with Gasteiger partial charge in [-0.05, 0) is 28.1 Å². The van der Waals surface area contributed by atoms with Crippen LogP contribution in [-0.4, -0.2) is 44.4 Å². The van der Waals surface area contributed by atoms with Gasteiger partial charge in [-0.2, -0.15) is 0 Å². The van der Waals surface area contributed by atoms with Crippen molar-refractivity contribution in [1.82, 2.24) is 5.32 Å². The Bertz CT molecular complexity index is 573. The lowest BCUT2D eigenvalue weighted by atomic mass is 10.1. The molecular weight excluding hydrogens is 328 g/mol. The number of nitrogens with one attached hydrogen (secondary N) is 1. The summed E-state index contributed by atoms with van der Waals surface area (Å²) in [6.45, 7) is 0.553. The van der Waals surface area contributed by atoms with Gasteiger partial charge in [0.05, 0.1) is 17.9 Å². The second-order valence-corrected chi connectivity index (χ2v) is 5.05. The maximum Gasteiger partial charge on any atom is 0.299 e. The number of ether oxygens (including phenoxy) is 1. The topological polar surface area (TPSA) is 75.7 Å². The van der Waals surface area contributed by atoms with Gasteiger partial charge in [-0.3, -0.25) is 19.3 Å². The average Bonchev–Trinajstić information content (AvgIpc) is 2.66. The Hall–Kier alpha value is -1.73. The third-order valence-electron chi connectivity index (χ3n) is 2.87. The van der Waals surface area contributed by atoms with E-state index in [9.17, 15) is 14.4 Å². The van der Waals surface area contributed by atoms with Crippen LogP contribution in [0.4, 0.5) is 5.69 Å². The molecule has 1 aliphatic heterocycles. The number of amides is 2. The Kier molecular flexibility index (Phi) is 4.51. The first-order valence-corrected chi connectivity index (χ1v) is 6.76. The maximum atomic E-state index is 11.9. The molecule has 6 nitrogen and oxygen atoms in total. The summed E-state index contributed by atoms with van der Waals surface area (Å²) >= 11 is 3.30.